The molecule has 2 heterocycles. The van der Waals surface area contributed by atoms with E-state index < -0.39 is 0 Å². The average molecular weight is 511 g/mol. The van der Waals surface area contributed by atoms with Gasteiger partial charge in [-0.25, -0.2) is 9.98 Å². The van der Waals surface area contributed by atoms with E-state index in [2.05, 4.69) is 53.3 Å². The molecule has 1 aliphatic rings. The Kier molecular flexibility index (Phi) is 8.94. The molecule has 1 aromatic carbocycles. The molecule has 0 amide bonds. The maximum atomic E-state index is 12.0. The van der Waals surface area contributed by atoms with E-state index in [1.807, 2.05) is 17.1 Å². The van der Waals surface area contributed by atoms with Crippen LogP contribution in [0.25, 0.3) is 0 Å². The lowest BCUT2D eigenvalue weighted by Crippen LogP contribution is -2.40. The number of imidazole rings is 1. The van der Waals surface area contributed by atoms with Gasteiger partial charge in [0.25, 0.3) is 0 Å². The van der Waals surface area contributed by atoms with Crippen LogP contribution in [-0.4, -0.2) is 53.1 Å². The highest BCUT2D eigenvalue weighted by molar-refractivity contribution is 14.0. The van der Waals surface area contributed by atoms with Crippen molar-refractivity contribution in [2.75, 3.05) is 26.7 Å². The van der Waals surface area contributed by atoms with Crippen LogP contribution in [-0.2, 0) is 22.6 Å². The SMILES string of the molecule is CCNC(=NCc1cccc(Cn2ccnc2)c1)N1CC(C)C(C(=O)OC)C1.I. The molecule has 158 valence electrons. The number of methoxy groups -OCH3 is 1. The molecule has 0 spiro atoms. The zero-order chi connectivity index (χ0) is 19.9. The molecule has 29 heavy (non-hydrogen) atoms. The van der Waals surface area contributed by atoms with E-state index in [1.165, 1.54) is 12.7 Å². The summed E-state index contributed by atoms with van der Waals surface area (Å²) in [7, 11) is 1.45. The molecule has 2 unspecified atom stereocenters. The first-order chi connectivity index (χ1) is 13.6. The molecular weight excluding hydrogens is 481 g/mol. The van der Waals surface area contributed by atoms with Crippen LogP contribution < -0.4 is 5.32 Å². The summed E-state index contributed by atoms with van der Waals surface area (Å²) >= 11 is 0. The van der Waals surface area contributed by atoms with Gasteiger partial charge >= 0.3 is 5.97 Å². The number of hydrogen-bond acceptors (Lipinski definition) is 4. The molecular formula is C21H30IN5O2. The van der Waals surface area contributed by atoms with Crippen molar-refractivity contribution in [3.63, 3.8) is 0 Å². The predicted octanol–water partition coefficient (Wildman–Crippen LogP) is 2.76. The second kappa shape index (κ2) is 11.2. The van der Waals surface area contributed by atoms with Gasteiger partial charge in [0.05, 0.1) is 25.9 Å². The number of benzene rings is 1. The van der Waals surface area contributed by atoms with Gasteiger partial charge in [-0.3, -0.25) is 4.79 Å². The number of aromatic nitrogens is 2. The Labute approximate surface area is 189 Å². The molecule has 3 rings (SSSR count). The fourth-order valence-electron chi connectivity index (χ4n) is 3.61. The van der Waals surface area contributed by atoms with E-state index in [0.29, 0.717) is 13.1 Å². The number of likely N-dealkylation sites (tertiary alicyclic amines) is 1. The Morgan fingerprint density at radius 1 is 1.34 bits per heavy atom. The van der Waals surface area contributed by atoms with Gasteiger partial charge in [0.15, 0.2) is 5.96 Å². The van der Waals surface area contributed by atoms with Gasteiger partial charge in [0.2, 0.25) is 0 Å². The first-order valence-corrected chi connectivity index (χ1v) is 9.75. The number of nitrogens with zero attached hydrogens (tertiary/aromatic N) is 4. The van der Waals surface area contributed by atoms with Gasteiger partial charge in [0, 0.05) is 38.6 Å². The van der Waals surface area contributed by atoms with Crippen molar-refractivity contribution in [3.8, 4) is 0 Å². The first kappa shape index (κ1) is 23.2. The van der Waals surface area contributed by atoms with E-state index in [0.717, 1.165) is 31.2 Å². The first-order valence-electron chi connectivity index (χ1n) is 9.75. The Hall–Kier alpha value is -2.10. The topological polar surface area (TPSA) is 71.8 Å². The van der Waals surface area contributed by atoms with Crippen LogP contribution in [0.15, 0.2) is 48.0 Å². The standard InChI is InChI=1S/C21H29N5O2.HI/c1-4-23-21(26-12-16(2)19(14-26)20(27)28-3)24-11-17-6-5-7-18(10-17)13-25-9-8-22-15-25;/h5-10,15-16,19H,4,11-14H2,1-3H3,(H,23,24);1H. The normalized spacial score (nSPS) is 19.0. The molecule has 7 nitrogen and oxygen atoms in total. The maximum absolute atomic E-state index is 12.0. The Morgan fingerprint density at radius 3 is 2.83 bits per heavy atom. The summed E-state index contributed by atoms with van der Waals surface area (Å²) in [5, 5.41) is 3.36. The zero-order valence-electron chi connectivity index (χ0n) is 17.2. The summed E-state index contributed by atoms with van der Waals surface area (Å²) in [6, 6.07) is 8.45. The number of aliphatic imine (C=N–C) groups is 1. The number of esters is 1. The highest BCUT2D eigenvalue weighted by Crippen LogP contribution is 2.24. The van der Waals surface area contributed by atoms with E-state index in [-0.39, 0.29) is 41.8 Å². The number of carbonyl (C=O) groups is 1. The van der Waals surface area contributed by atoms with Crippen LogP contribution in [0.1, 0.15) is 25.0 Å². The van der Waals surface area contributed by atoms with Crippen molar-refractivity contribution in [2.45, 2.75) is 26.9 Å². The summed E-state index contributed by atoms with van der Waals surface area (Å²) in [4.78, 5) is 23.0. The molecule has 0 radical (unpaired) electrons. The lowest BCUT2D eigenvalue weighted by molar-refractivity contribution is -0.145. The molecule has 1 aliphatic heterocycles. The molecule has 1 aromatic heterocycles. The van der Waals surface area contributed by atoms with E-state index in [9.17, 15) is 4.79 Å². The minimum absolute atomic E-state index is 0. The number of guanidine groups is 1. The quantitative estimate of drug-likeness (QED) is 0.280. The fraction of sp³-hybridized carbons (Fsp3) is 0.476. The molecule has 1 saturated heterocycles. The van der Waals surface area contributed by atoms with Gasteiger partial charge in [-0.15, -0.1) is 24.0 Å². The summed E-state index contributed by atoms with van der Waals surface area (Å²) < 4.78 is 6.99. The van der Waals surface area contributed by atoms with Crippen molar-refractivity contribution < 1.29 is 9.53 Å². The second-order valence-corrected chi connectivity index (χ2v) is 7.24. The molecule has 1 fully saturated rings. The highest BCUT2D eigenvalue weighted by atomic mass is 127. The summed E-state index contributed by atoms with van der Waals surface area (Å²) in [6.45, 7) is 7.75. The molecule has 2 atom stereocenters. The third-order valence-corrected chi connectivity index (χ3v) is 5.08. The molecule has 2 aromatic rings. The number of rotatable bonds is 6. The van der Waals surface area contributed by atoms with Gasteiger partial charge in [-0.05, 0) is 24.0 Å². The fourth-order valence-corrected chi connectivity index (χ4v) is 3.61. The number of nitrogens with one attached hydrogen (secondary N) is 1. The number of carbonyl (C=O) groups excluding carboxylic acids is 1. The average Bonchev–Trinajstić information content (AvgIpc) is 3.34. The second-order valence-electron chi connectivity index (χ2n) is 7.24. The van der Waals surface area contributed by atoms with Crippen LogP contribution >= 0.6 is 24.0 Å². The Morgan fingerprint density at radius 2 is 2.14 bits per heavy atom. The molecule has 0 bridgehead atoms. The largest absolute Gasteiger partial charge is 0.469 e. The molecule has 1 N–H and O–H groups in total. The van der Waals surface area contributed by atoms with Gasteiger partial charge in [0.1, 0.15) is 0 Å². The van der Waals surface area contributed by atoms with Gasteiger partial charge in [-0.1, -0.05) is 31.2 Å². The van der Waals surface area contributed by atoms with Crippen molar-refractivity contribution >= 4 is 35.9 Å². The minimum atomic E-state index is -0.141. The van der Waals surface area contributed by atoms with E-state index in [4.69, 9.17) is 9.73 Å². The van der Waals surface area contributed by atoms with E-state index in [1.54, 1.807) is 6.20 Å². The third kappa shape index (κ3) is 6.19. The van der Waals surface area contributed by atoms with Crippen molar-refractivity contribution in [3.05, 3.63) is 54.1 Å². The maximum Gasteiger partial charge on any atom is 0.310 e. The number of ether oxygens (including phenoxy) is 1. The molecule has 0 saturated carbocycles. The lowest BCUT2D eigenvalue weighted by atomic mass is 9.99. The van der Waals surface area contributed by atoms with Crippen LogP contribution in [0, 0.1) is 11.8 Å². The van der Waals surface area contributed by atoms with Crippen molar-refractivity contribution in [2.24, 2.45) is 16.8 Å². The van der Waals surface area contributed by atoms with Crippen LogP contribution in [0.3, 0.4) is 0 Å². The number of halogens is 1. The summed E-state index contributed by atoms with van der Waals surface area (Å²) in [6.07, 6.45) is 5.57. The Balaban J connectivity index is 0.00000300. The summed E-state index contributed by atoms with van der Waals surface area (Å²) in [5.74, 6) is 0.848. The van der Waals surface area contributed by atoms with Crippen molar-refractivity contribution in [1.29, 1.82) is 0 Å². The smallest absolute Gasteiger partial charge is 0.310 e. The lowest BCUT2D eigenvalue weighted by Gasteiger charge is -2.21. The zero-order valence-corrected chi connectivity index (χ0v) is 19.6. The van der Waals surface area contributed by atoms with Crippen LogP contribution in [0.2, 0.25) is 0 Å². The van der Waals surface area contributed by atoms with Gasteiger partial charge in [-0.2, -0.15) is 0 Å². The minimum Gasteiger partial charge on any atom is -0.469 e. The van der Waals surface area contributed by atoms with Crippen LogP contribution in [0.5, 0.6) is 0 Å². The van der Waals surface area contributed by atoms with Crippen molar-refractivity contribution in [1.82, 2.24) is 19.8 Å². The summed E-state index contributed by atoms with van der Waals surface area (Å²) in [5.41, 5.74) is 2.38. The van der Waals surface area contributed by atoms with Gasteiger partial charge < -0.3 is 19.5 Å². The predicted molar refractivity (Wildman–Crippen MR) is 124 cm³/mol. The third-order valence-electron chi connectivity index (χ3n) is 5.08. The molecule has 0 aliphatic carbocycles. The van der Waals surface area contributed by atoms with E-state index >= 15 is 0 Å². The van der Waals surface area contributed by atoms with Crippen LogP contribution in [0.4, 0.5) is 0 Å². The Bertz CT molecular complexity index is 809. The highest BCUT2D eigenvalue weighted by Gasteiger charge is 2.36. The monoisotopic (exact) mass is 511 g/mol. The number of hydrogen-bond donors (Lipinski definition) is 1. The molecule has 8 heteroatoms.